The highest BCUT2D eigenvalue weighted by Crippen LogP contribution is 2.31. The lowest BCUT2D eigenvalue weighted by Crippen LogP contribution is -2.39. The van der Waals surface area contributed by atoms with Gasteiger partial charge in [0.25, 0.3) is 15.9 Å². The Morgan fingerprint density at radius 3 is 2.38 bits per heavy atom. The van der Waals surface area contributed by atoms with E-state index in [1.54, 1.807) is 36.4 Å². The second-order valence-corrected chi connectivity index (χ2v) is 10.0. The Labute approximate surface area is 211 Å². The third-order valence-electron chi connectivity index (χ3n) is 4.63. The lowest BCUT2D eigenvalue weighted by atomic mass is 10.2. The summed E-state index contributed by atoms with van der Waals surface area (Å²) in [6, 6.07) is 17.6. The number of hydrogen-bond acceptors (Lipinski definition) is 6. The van der Waals surface area contributed by atoms with Gasteiger partial charge in [-0.05, 0) is 48.5 Å². The molecule has 0 saturated heterocycles. The molecule has 0 radical (unpaired) electrons. The smallest absolute Gasteiger partial charge is 0.264 e. The number of amides is 1. The van der Waals surface area contributed by atoms with Crippen molar-refractivity contribution in [3.8, 4) is 11.5 Å². The molecule has 3 rings (SSSR count). The Morgan fingerprint density at radius 1 is 1.06 bits per heavy atom. The number of carbonyl (C=O) groups excluding carboxylic acids is 1. The van der Waals surface area contributed by atoms with E-state index in [2.05, 4.69) is 26.5 Å². The van der Waals surface area contributed by atoms with Gasteiger partial charge in [-0.15, -0.1) is 0 Å². The van der Waals surface area contributed by atoms with Crippen LogP contribution in [0.2, 0.25) is 5.02 Å². The van der Waals surface area contributed by atoms with E-state index in [1.807, 2.05) is 0 Å². The molecule has 34 heavy (non-hydrogen) atoms. The highest BCUT2D eigenvalue weighted by molar-refractivity contribution is 9.10. The van der Waals surface area contributed by atoms with Crippen LogP contribution in [-0.4, -0.2) is 41.3 Å². The second kappa shape index (κ2) is 11.4. The van der Waals surface area contributed by atoms with Gasteiger partial charge in [0.2, 0.25) is 0 Å². The molecule has 0 spiro atoms. The van der Waals surface area contributed by atoms with Gasteiger partial charge in [-0.25, -0.2) is 13.8 Å². The third-order valence-corrected chi connectivity index (χ3v) is 7.20. The SMILES string of the molecule is COc1ccc(N(CC(=O)N/N=C\c2cc(Br)ccc2OC)S(=O)(=O)c2ccccc2)cc1Cl. The molecule has 178 valence electrons. The first-order valence-electron chi connectivity index (χ1n) is 9.83. The summed E-state index contributed by atoms with van der Waals surface area (Å²) in [5, 5.41) is 4.15. The molecule has 1 N–H and O–H groups in total. The van der Waals surface area contributed by atoms with Crippen molar-refractivity contribution in [1.29, 1.82) is 0 Å². The number of sulfonamides is 1. The van der Waals surface area contributed by atoms with Crippen molar-refractivity contribution in [3.05, 3.63) is 81.8 Å². The molecule has 0 saturated carbocycles. The third kappa shape index (κ3) is 6.07. The van der Waals surface area contributed by atoms with Crippen molar-refractivity contribution in [3.63, 3.8) is 0 Å². The van der Waals surface area contributed by atoms with E-state index in [9.17, 15) is 13.2 Å². The summed E-state index contributed by atoms with van der Waals surface area (Å²) >= 11 is 9.58. The van der Waals surface area contributed by atoms with Crippen LogP contribution in [0.15, 0.2) is 81.2 Å². The van der Waals surface area contributed by atoms with Crippen molar-refractivity contribution in [2.24, 2.45) is 5.10 Å². The van der Waals surface area contributed by atoms with E-state index in [1.165, 1.54) is 50.8 Å². The van der Waals surface area contributed by atoms with E-state index >= 15 is 0 Å². The molecular formula is C23H21BrClN3O5S. The summed E-state index contributed by atoms with van der Waals surface area (Å²) in [4.78, 5) is 12.7. The molecular weight excluding hydrogens is 546 g/mol. The van der Waals surface area contributed by atoms with E-state index in [0.717, 1.165) is 8.78 Å². The van der Waals surface area contributed by atoms with E-state index in [0.29, 0.717) is 17.1 Å². The number of halogens is 2. The molecule has 0 aliphatic heterocycles. The van der Waals surface area contributed by atoms with Gasteiger partial charge in [-0.3, -0.25) is 9.10 Å². The number of methoxy groups -OCH3 is 2. The second-order valence-electron chi connectivity index (χ2n) is 6.82. The van der Waals surface area contributed by atoms with Crippen LogP contribution in [0, 0.1) is 0 Å². The maximum Gasteiger partial charge on any atom is 0.264 e. The average Bonchev–Trinajstić information content (AvgIpc) is 2.83. The number of ether oxygens (including phenoxy) is 2. The van der Waals surface area contributed by atoms with Crippen molar-refractivity contribution >= 4 is 55.4 Å². The lowest BCUT2D eigenvalue weighted by molar-refractivity contribution is -0.119. The molecule has 0 aromatic heterocycles. The molecule has 0 aliphatic carbocycles. The van der Waals surface area contributed by atoms with E-state index in [4.69, 9.17) is 21.1 Å². The Balaban J connectivity index is 1.88. The van der Waals surface area contributed by atoms with Gasteiger partial charge in [0.1, 0.15) is 18.0 Å². The van der Waals surface area contributed by atoms with Crippen LogP contribution in [0.25, 0.3) is 0 Å². The number of anilines is 1. The monoisotopic (exact) mass is 565 g/mol. The highest BCUT2D eigenvalue weighted by atomic mass is 79.9. The molecule has 0 aliphatic rings. The number of rotatable bonds is 9. The summed E-state index contributed by atoms with van der Waals surface area (Å²) in [5.41, 5.74) is 3.17. The largest absolute Gasteiger partial charge is 0.496 e. The molecule has 0 bridgehead atoms. The fourth-order valence-electron chi connectivity index (χ4n) is 2.99. The first-order chi connectivity index (χ1) is 16.3. The number of hydrogen-bond donors (Lipinski definition) is 1. The molecule has 0 atom stereocenters. The zero-order valence-electron chi connectivity index (χ0n) is 18.2. The molecule has 3 aromatic carbocycles. The van der Waals surface area contributed by atoms with Crippen LogP contribution >= 0.6 is 27.5 Å². The van der Waals surface area contributed by atoms with Gasteiger partial charge in [0, 0.05) is 10.0 Å². The van der Waals surface area contributed by atoms with Crippen LogP contribution < -0.4 is 19.2 Å². The van der Waals surface area contributed by atoms with Gasteiger partial charge in [0.05, 0.1) is 36.0 Å². The minimum Gasteiger partial charge on any atom is -0.496 e. The molecule has 8 nitrogen and oxygen atoms in total. The standard InChI is InChI=1S/C23H21BrClN3O5S/c1-32-21-10-8-17(24)12-16(21)14-26-27-23(29)15-28(18-9-11-22(33-2)20(25)13-18)34(30,31)19-6-4-3-5-7-19/h3-14H,15H2,1-2H3,(H,27,29)/b26-14-. The van der Waals surface area contributed by atoms with Crippen LogP contribution in [-0.2, 0) is 14.8 Å². The van der Waals surface area contributed by atoms with Crippen molar-refractivity contribution in [2.45, 2.75) is 4.90 Å². The van der Waals surface area contributed by atoms with Gasteiger partial charge < -0.3 is 9.47 Å². The van der Waals surface area contributed by atoms with Gasteiger partial charge in [-0.1, -0.05) is 45.7 Å². The average molecular weight is 567 g/mol. The fourth-order valence-corrected chi connectivity index (χ4v) is 5.06. The Hall–Kier alpha value is -3.08. The molecule has 0 fully saturated rings. The lowest BCUT2D eigenvalue weighted by Gasteiger charge is -2.24. The summed E-state index contributed by atoms with van der Waals surface area (Å²) in [6.45, 7) is -0.535. The topological polar surface area (TPSA) is 97.3 Å². The Kier molecular flexibility index (Phi) is 8.54. The predicted octanol–water partition coefficient (Wildman–Crippen LogP) is 4.47. The highest BCUT2D eigenvalue weighted by Gasteiger charge is 2.27. The molecule has 0 unspecified atom stereocenters. The molecule has 1 amide bonds. The summed E-state index contributed by atoms with van der Waals surface area (Å²) < 4.78 is 38.9. The quantitative estimate of drug-likeness (QED) is 0.305. The van der Waals surface area contributed by atoms with Crippen molar-refractivity contribution in [1.82, 2.24) is 5.43 Å². The summed E-state index contributed by atoms with van der Waals surface area (Å²) in [7, 11) is -1.12. The summed E-state index contributed by atoms with van der Waals surface area (Å²) in [5.74, 6) is 0.276. The van der Waals surface area contributed by atoms with Crippen molar-refractivity contribution < 1.29 is 22.7 Å². The minimum atomic E-state index is -4.08. The van der Waals surface area contributed by atoms with Gasteiger partial charge >= 0.3 is 0 Å². The zero-order valence-corrected chi connectivity index (χ0v) is 21.4. The van der Waals surface area contributed by atoms with Gasteiger partial charge in [0.15, 0.2) is 0 Å². The van der Waals surface area contributed by atoms with Gasteiger partial charge in [-0.2, -0.15) is 5.10 Å². The normalized spacial score (nSPS) is 11.3. The van der Waals surface area contributed by atoms with Crippen LogP contribution in [0.1, 0.15) is 5.56 Å². The molecule has 11 heteroatoms. The van der Waals surface area contributed by atoms with Crippen molar-refractivity contribution in [2.75, 3.05) is 25.1 Å². The number of carbonyl (C=O) groups is 1. The maximum atomic E-state index is 13.4. The predicted molar refractivity (Wildman–Crippen MR) is 135 cm³/mol. The number of hydrazone groups is 1. The van der Waals surface area contributed by atoms with Crippen LogP contribution in [0.5, 0.6) is 11.5 Å². The Bertz CT molecular complexity index is 1300. The first kappa shape index (κ1) is 25.5. The first-order valence-corrected chi connectivity index (χ1v) is 12.4. The number of benzene rings is 3. The minimum absolute atomic E-state index is 0.0251. The number of nitrogens with one attached hydrogen (secondary N) is 1. The molecule has 3 aromatic rings. The van der Waals surface area contributed by atoms with E-state index in [-0.39, 0.29) is 15.6 Å². The molecule has 0 heterocycles. The van der Waals surface area contributed by atoms with Crippen LogP contribution in [0.4, 0.5) is 5.69 Å². The van der Waals surface area contributed by atoms with E-state index < -0.39 is 22.5 Å². The zero-order chi connectivity index (χ0) is 24.7. The van der Waals surface area contributed by atoms with Crippen LogP contribution in [0.3, 0.4) is 0 Å². The fraction of sp³-hybridized carbons (Fsp3) is 0.130. The number of nitrogens with zero attached hydrogens (tertiary/aromatic N) is 2. The maximum absolute atomic E-state index is 13.4. The summed E-state index contributed by atoms with van der Waals surface area (Å²) in [6.07, 6.45) is 1.40. The Morgan fingerprint density at radius 2 is 1.74 bits per heavy atom.